The monoisotopic (exact) mass is 458 g/mol. The lowest BCUT2D eigenvalue weighted by atomic mass is 10.00. The Morgan fingerprint density at radius 3 is 2.35 bits per heavy atom. The molecule has 0 saturated heterocycles. The minimum absolute atomic E-state index is 0.0712. The fourth-order valence-electron chi connectivity index (χ4n) is 4.40. The Morgan fingerprint density at radius 2 is 1.71 bits per heavy atom. The topological polar surface area (TPSA) is 59.1 Å². The Kier molecular flexibility index (Phi) is 6.87. The maximum absolute atomic E-state index is 13.4. The van der Waals surface area contributed by atoms with Crippen LogP contribution in [0.15, 0.2) is 66.7 Å². The summed E-state index contributed by atoms with van der Waals surface area (Å²) in [6, 6.07) is 20.7. The molecule has 0 aliphatic carbocycles. The van der Waals surface area contributed by atoms with Gasteiger partial charge in [-0.2, -0.15) is 0 Å². The highest BCUT2D eigenvalue weighted by atomic mass is 16.5. The smallest absolute Gasteiger partial charge is 0.255 e. The van der Waals surface area contributed by atoms with Crippen LogP contribution in [0.25, 0.3) is 0 Å². The van der Waals surface area contributed by atoms with Crippen LogP contribution >= 0.6 is 0 Å². The van der Waals surface area contributed by atoms with Gasteiger partial charge in [0.2, 0.25) is 5.91 Å². The van der Waals surface area contributed by atoms with Crippen LogP contribution in [-0.4, -0.2) is 38.0 Å². The normalized spacial score (nSPS) is 13.4. The van der Waals surface area contributed by atoms with E-state index in [4.69, 9.17) is 9.47 Å². The number of benzene rings is 3. The zero-order chi connectivity index (χ0) is 24.2. The predicted octanol–water partition coefficient (Wildman–Crippen LogP) is 5.02. The van der Waals surface area contributed by atoms with E-state index in [1.165, 1.54) is 5.56 Å². The first kappa shape index (κ1) is 23.4. The molecule has 3 aromatic carbocycles. The van der Waals surface area contributed by atoms with Gasteiger partial charge in [0, 0.05) is 24.8 Å². The van der Waals surface area contributed by atoms with Gasteiger partial charge in [-0.3, -0.25) is 9.59 Å². The van der Waals surface area contributed by atoms with E-state index >= 15 is 0 Å². The lowest BCUT2D eigenvalue weighted by Crippen LogP contribution is -2.35. The summed E-state index contributed by atoms with van der Waals surface area (Å²) in [4.78, 5) is 30.2. The van der Waals surface area contributed by atoms with Crippen molar-refractivity contribution in [1.29, 1.82) is 0 Å². The van der Waals surface area contributed by atoms with Crippen molar-refractivity contribution in [3.8, 4) is 11.5 Å². The number of fused-ring (bicyclic) bond motifs is 1. The van der Waals surface area contributed by atoms with Crippen LogP contribution in [0.3, 0.4) is 0 Å². The summed E-state index contributed by atoms with van der Waals surface area (Å²) >= 11 is 0. The summed E-state index contributed by atoms with van der Waals surface area (Å²) in [7, 11) is 4.93. The Balaban J connectivity index is 1.67. The van der Waals surface area contributed by atoms with E-state index in [-0.39, 0.29) is 18.2 Å². The molecule has 6 nitrogen and oxygen atoms in total. The van der Waals surface area contributed by atoms with E-state index in [0.29, 0.717) is 23.6 Å². The quantitative estimate of drug-likeness (QED) is 0.476. The third-order valence-electron chi connectivity index (χ3n) is 6.49. The number of rotatable bonds is 8. The second kappa shape index (κ2) is 10.00. The molecule has 1 heterocycles. The lowest BCUT2D eigenvalue weighted by molar-refractivity contribution is -0.119. The summed E-state index contributed by atoms with van der Waals surface area (Å²) in [6.45, 7) is 2.55. The molecule has 0 saturated carbocycles. The number of hydrogen-bond acceptors (Lipinski definition) is 4. The Hall–Kier alpha value is -3.80. The van der Waals surface area contributed by atoms with Gasteiger partial charge in [0.1, 0.15) is 0 Å². The molecule has 34 heavy (non-hydrogen) atoms. The maximum atomic E-state index is 13.4. The van der Waals surface area contributed by atoms with Crippen molar-refractivity contribution in [3.63, 3.8) is 0 Å². The van der Waals surface area contributed by atoms with Gasteiger partial charge in [-0.15, -0.1) is 0 Å². The Labute approximate surface area is 200 Å². The number of aryl methyl sites for hydroxylation is 1. The molecular weight excluding hydrogens is 428 g/mol. The molecule has 3 aromatic rings. The van der Waals surface area contributed by atoms with Crippen LogP contribution in [-0.2, 0) is 17.8 Å². The number of anilines is 1. The minimum atomic E-state index is -0.454. The summed E-state index contributed by atoms with van der Waals surface area (Å²) in [5.41, 5.74) is 4.51. The highest BCUT2D eigenvalue weighted by molar-refractivity contribution is 5.99. The molecule has 176 valence electrons. The van der Waals surface area contributed by atoms with Crippen molar-refractivity contribution in [1.82, 2.24) is 4.90 Å². The summed E-state index contributed by atoms with van der Waals surface area (Å²) < 4.78 is 10.9. The van der Waals surface area contributed by atoms with E-state index < -0.39 is 6.04 Å². The fourth-order valence-corrected chi connectivity index (χ4v) is 4.40. The number of ether oxygens (including phenoxy) is 2. The molecule has 2 amide bonds. The van der Waals surface area contributed by atoms with Crippen molar-refractivity contribution in [3.05, 3.63) is 89.0 Å². The van der Waals surface area contributed by atoms with Gasteiger partial charge < -0.3 is 19.3 Å². The van der Waals surface area contributed by atoms with Crippen molar-refractivity contribution >= 4 is 17.5 Å². The molecule has 0 bridgehead atoms. The standard InChI is InChI=1S/C28H30N2O4/c1-5-19-10-13-22(14-11-19)29(2)27(31)17-24(20-12-15-25(33-3)26(16-20)34-4)30-18-21-8-6-7-9-23(21)28(30)32/h6-16,24H,5,17-18H2,1-4H3/t24-/m1/s1. The lowest BCUT2D eigenvalue weighted by Gasteiger charge is -2.30. The van der Waals surface area contributed by atoms with Crippen LogP contribution < -0.4 is 14.4 Å². The first-order valence-corrected chi connectivity index (χ1v) is 11.4. The van der Waals surface area contributed by atoms with Crippen LogP contribution in [0.1, 0.15) is 46.4 Å². The third-order valence-corrected chi connectivity index (χ3v) is 6.49. The second-order valence-corrected chi connectivity index (χ2v) is 8.40. The van der Waals surface area contributed by atoms with E-state index in [1.807, 2.05) is 66.7 Å². The number of methoxy groups -OCH3 is 2. The summed E-state index contributed by atoms with van der Waals surface area (Å²) in [5, 5.41) is 0. The van der Waals surface area contributed by atoms with Crippen molar-refractivity contribution in [2.24, 2.45) is 0 Å². The van der Waals surface area contributed by atoms with Gasteiger partial charge in [-0.1, -0.05) is 43.3 Å². The van der Waals surface area contributed by atoms with Crippen LogP contribution in [0.5, 0.6) is 11.5 Å². The Morgan fingerprint density at radius 1 is 1.00 bits per heavy atom. The zero-order valence-corrected chi connectivity index (χ0v) is 20.1. The molecule has 1 atom stereocenters. The molecule has 0 radical (unpaired) electrons. The molecule has 6 heteroatoms. The summed E-state index contributed by atoms with van der Waals surface area (Å²) in [5.74, 6) is 1.01. The van der Waals surface area contributed by atoms with Crippen molar-refractivity contribution < 1.29 is 19.1 Å². The molecule has 0 fully saturated rings. The molecule has 0 unspecified atom stereocenters. The largest absolute Gasteiger partial charge is 0.493 e. The number of amides is 2. The van der Waals surface area contributed by atoms with Crippen molar-refractivity contribution in [2.75, 3.05) is 26.2 Å². The van der Waals surface area contributed by atoms with Crippen LogP contribution in [0.4, 0.5) is 5.69 Å². The second-order valence-electron chi connectivity index (χ2n) is 8.40. The van der Waals surface area contributed by atoms with E-state index in [1.54, 1.807) is 31.1 Å². The molecule has 1 aliphatic heterocycles. The number of carbonyl (C=O) groups is 2. The first-order chi connectivity index (χ1) is 16.5. The molecule has 0 aromatic heterocycles. The third kappa shape index (κ3) is 4.49. The van der Waals surface area contributed by atoms with Crippen molar-refractivity contribution in [2.45, 2.75) is 32.4 Å². The SMILES string of the molecule is CCc1ccc(N(C)C(=O)C[C@H](c2ccc(OC)c(OC)c2)N2Cc3ccccc3C2=O)cc1. The highest BCUT2D eigenvalue weighted by Crippen LogP contribution is 2.37. The molecule has 0 spiro atoms. The van der Waals surface area contributed by atoms with Gasteiger partial charge in [0.25, 0.3) is 5.91 Å². The minimum Gasteiger partial charge on any atom is -0.493 e. The number of nitrogens with zero attached hydrogens (tertiary/aromatic N) is 2. The molecule has 1 aliphatic rings. The zero-order valence-electron chi connectivity index (χ0n) is 20.1. The van der Waals surface area contributed by atoms with E-state index in [2.05, 4.69) is 6.92 Å². The van der Waals surface area contributed by atoms with Gasteiger partial charge >= 0.3 is 0 Å². The number of hydrogen-bond donors (Lipinski definition) is 0. The molecule has 0 N–H and O–H groups in total. The Bertz CT molecular complexity index is 1190. The molecular formula is C28H30N2O4. The van der Waals surface area contributed by atoms with Gasteiger partial charge in [-0.05, 0) is 53.4 Å². The van der Waals surface area contributed by atoms with E-state index in [9.17, 15) is 9.59 Å². The van der Waals surface area contributed by atoms with Gasteiger partial charge in [0.05, 0.1) is 26.7 Å². The summed E-state index contributed by atoms with van der Waals surface area (Å²) in [6.07, 6.45) is 1.08. The average molecular weight is 459 g/mol. The molecule has 4 rings (SSSR count). The number of carbonyl (C=O) groups excluding carboxylic acids is 2. The maximum Gasteiger partial charge on any atom is 0.255 e. The highest BCUT2D eigenvalue weighted by Gasteiger charge is 2.35. The van der Waals surface area contributed by atoms with Crippen LogP contribution in [0, 0.1) is 0 Å². The predicted molar refractivity (Wildman–Crippen MR) is 132 cm³/mol. The van der Waals surface area contributed by atoms with Crippen LogP contribution in [0.2, 0.25) is 0 Å². The average Bonchev–Trinajstić information content (AvgIpc) is 3.22. The van der Waals surface area contributed by atoms with Gasteiger partial charge in [0.15, 0.2) is 11.5 Å². The van der Waals surface area contributed by atoms with E-state index in [0.717, 1.165) is 23.2 Å². The van der Waals surface area contributed by atoms with Gasteiger partial charge in [-0.25, -0.2) is 0 Å². The fraction of sp³-hybridized carbons (Fsp3) is 0.286. The first-order valence-electron chi connectivity index (χ1n) is 11.4.